The highest BCUT2D eigenvalue weighted by Gasteiger charge is 2.33. The van der Waals surface area contributed by atoms with E-state index in [0.29, 0.717) is 9.26 Å². The van der Waals surface area contributed by atoms with Crippen LogP contribution in [0.4, 0.5) is 13.2 Å². The maximum atomic E-state index is 12.4. The van der Waals surface area contributed by atoms with Crippen LogP contribution in [-0.2, 0) is 21.3 Å². The van der Waals surface area contributed by atoms with Crippen molar-refractivity contribution < 1.29 is 27.4 Å². The van der Waals surface area contributed by atoms with Crippen LogP contribution in [0.2, 0.25) is 0 Å². The van der Waals surface area contributed by atoms with Gasteiger partial charge < -0.3 is 9.47 Å². The molecule has 0 unspecified atom stereocenters. The van der Waals surface area contributed by atoms with Gasteiger partial charge in [-0.1, -0.05) is 15.9 Å². The first kappa shape index (κ1) is 17.5. The Hall–Kier alpha value is -0.580. The summed E-state index contributed by atoms with van der Waals surface area (Å²) in [5.74, 6) is -1.26. The second-order valence-electron chi connectivity index (χ2n) is 3.54. The summed E-state index contributed by atoms with van der Waals surface area (Å²) >= 11 is 5.05. The Morgan fingerprint density at radius 3 is 2.65 bits per heavy atom. The Kier molecular flexibility index (Phi) is 6.49. The number of carbonyl (C=O) groups excluding carboxylic acids is 1. The molecule has 4 nitrogen and oxygen atoms in total. The van der Waals surface area contributed by atoms with E-state index >= 15 is 0 Å². The molecule has 9 heteroatoms. The van der Waals surface area contributed by atoms with Crippen molar-refractivity contribution in [3.63, 3.8) is 0 Å². The lowest BCUT2D eigenvalue weighted by molar-refractivity contribution is -0.276. The van der Waals surface area contributed by atoms with E-state index in [1.165, 1.54) is 6.07 Å². The highest BCUT2D eigenvalue weighted by molar-refractivity contribution is 14.1. The number of hydrogen-bond acceptors (Lipinski definition) is 4. The molecule has 1 rings (SSSR count). The fraction of sp³-hybridized carbons (Fsp3) is 0.455. The molecule has 20 heavy (non-hydrogen) atoms. The molecule has 0 saturated carbocycles. The Morgan fingerprint density at radius 2 is 2.15 bits per heavy atom. The van der Waals surface area contributed by atoms with Crippen molar-refractivity contribution in [2.45, 2.75) is 25.0 Å². The summed E-state index contributed by atoms with van der Waals surface area (Å²) in [5, 5.41) is 0.277. The molecule has 0 aromatic carbocycles. The Balaban J connectivity index is 3.12. The van der Waals surface area contributed by atoms with E-state index in [1.54, 1.807) is 6.92 Å². The first-order valence-corrected chi connectivity index (χ1v) is 7.62. The molecule has 0 aliphatic heterocycles. The third kappa shape index (κ3) is 5.43. The number of rotatable bonds is 5. The van der Waals surface area contributed by atoms with Crippen molar-refractivity contribution in [2.24, 2.45) is 0 Å². The van der Waals surface area contributed by atoms with Crippen LogP contribution in [0, 0.1) is 3.57 Å². The van der Waals surface area contributed by atoms with E-state index in [-0.39, 0.29) is 23.9 Å². The van der Waals surface area contributed by atoms with E-state index in [9.17, 15) is 18.0 Å². The lowest BCUT2D eigenvalue weighted by Crippen LogP contribution is -2.20. The highest BCUT2D eigenvalue weighted by Crippen LogP contribution is 2.28. The summed E-state index contributed by atoms with van der Waals surface area (Å²) in [6, 6.07) is 1.43. The Labute approximate surface area is 135 Å². The zero-order chi connectivity index (χ0) is 15.3. The third-order valence-electron chi connectivity index (χ3n) is 2.07. The van der Waals surface area contributed by atoms with Crippen LogP contribution in [-0.4, -0.2) is 23.9 Å². The van der Waals surface area contributed by atoms with Crippen molar-refractivity contribution in [3.8, 4) is 5.88 Å². The van der Waals surface area contributed by atoms with E-state index in [0.717, 1.165) is 0 Å². The van der Waals surface area contributed by atoms with Gasteiger partial charge in [-0.2, -0.15) is 0 Å². The number of aromatic nitrogens is 1. The van der Waals surface area contributed by atoms with Crippen molar-refractivity contribution in [1.29, 1.82) is 0 Å². The lowest BCUT2D eigenvalue weighted by Gasteiger charge is -2.14. The van der Waals surface area contributed by atoms with Gasteiger partial charge in [0, 0.05) is 14.5 Å². The van der Waals surface area contributed by atoms with Crippen molar-refractivity contribution in [3.05, 3.63) is 20.9 Å². The summed E-state index contributed by atoms with van der Waals surface area (Å²) in [5.41, 5.74) is 0.437. The van der Waals surface area contributed by atoms with Gasteiger partial charge in [0.15, 0.2) is 0 Å². The van der Waals surface area contributed by atoms with Crippen LogP contribution in [0.3, 0.4) is 0 Å². The number of carbonyl (C=O) groups is 1. The van der Waals surface area contributed by atoms with Crippen LogP contribution in [0.25, 0.3) is 0 Å². The normalized spacial score (nSPS) is 11.3. The largest absolute Gasteiger partial charge is 0.574 e. The maximum Gasteiger partial charge on any atom is 0.574 e. The predicted molar refractivity (Wildman–Crippen MR) is 76.6 cm³/mol. The fourth-order valence-corrected chi connectivity index (χ4v) is 2.97. The number of pyridine rings is 1. The molecular formula is C11H10BrF3INO3. The van der Waals surface area contributed by atoms with Gasteiger partial charge in [-0.15, -0.1) is 13.2 Å². The summed E-state index contributed by atoms with van der Waals surface area (Å²) in [6.07, 6.45) is -5.20. The van der Waals surface area contributed by atoms with Crippen LogP contribution in [0.5, 0.6) is 5.88 Å². The monoisotopic (exact) mass is 467 g/mol. The van der Waals surface area contributed by atoms with Gasteiger partial charge in [-0.05, 0) is 35.6 Å². The van der Waals surface area contributed by atoms with E-state index in [2.05, 4.69) is 25.7 Å². The second kappa shape index (κ2) is 7.43. The molecule has 0 N–H and O–H groups in total. The van der Waals surface area contributed by atoms with Gasteiger partial charge in [0.2, 0.25) is 5.88 Å². The smallest absolute Gasteiger partial charge is 0.466 e. The second-order valence-corrected chi connectivity index (χ2v) is 5.27. The van der Waals surface area contributed by atoms with Gasteiger partial charge in [0.25, 0.3) is 0 Å². The van der Waals surface area contributed by atoms with Gasteiger partial charge in [0.05, 0.1) is 18.7 Å². The van der Waals surface area contributed by atoms with E-state index < -0.39 is 18.2 Å². The molecule has 1 aromatic heterocycles. The van der Waals surface area contributed by atoms with Gasteiger partial charge in [0.1, 0.15) is 0 Å². The van der Waals surface area contributed by atoms with Gasteiger partial charge in [-0.25, -0.2) is 4.98 Å². The van der Waals surface area contributed by atoms with Crippen LogP contribution < -0.4 is 4.74 Å². The molecule has 0 atom stereocenters. The number of halogens is 5. The maximum absolute atomic E-state index is 12.4. The van der Waals surface area contributed by atoms with Crippen molar-refractivity contribution in [1.82, 2.24) is 4.98 Å². The SMILES string of the molecule is CCOC(=O)Cc1cc(I)c(CBr)nc1OC(F)(F)F. The Morgan fingerprint density at radius 1 is 1.50 bits per heavy atom. The summed E-state index contributed by atoms with van der Waals surface area (Å²) in [4.78, 5) is 15.2. The third-order valence-corrected chi connectivity index (χ3v) is 3.53. The summed E-state index contributed by atoms with van der Waals surface area (Å²) in [7, 11) is 0. The molecule has 0 amide bonds. The molecule has 0 bridgehead atoms. The number of nitrogens with zero attached hydrogens (tertiary/aromatic N) is 1. The fourth-order valence-electron chi connectivity index (χ4n) is 1.33. The van der Waals surface area contributed by atoms with Crippen LogP contribution in [0.15, 0.2) is 6.07 Å². The molecule has 1 heterocycles. The molecule has 0 spiro atoms. The average Bonchev–Trinajstić information content (AvgIpc) is 2.31. The zero-order valence-corrected chi connectivity index (χ0v) is 14.0. The standard InChI is InChI=1S/C11H10BrF3INO3/c1-2-19-9(18)4-6-3-7(16)8(5-12)17-10(6)20-11(13,14)15/h3H,2,4-5H2,1H3. The minimum absolute atomic E-state index is 0.0369. The van der Waals surface area contributed by atoms with Gasteiger partial charge >= 0.3 is 12.3 Å². The molecule has 0 aliphatic rings. The zero-order valence-electron chi connectivity index (χ0n) is 10.3. The molecule has 0 radical (unpaired) electrons. The molecule has 0 aliphatic carbocycles. The quantitative estimate of drug-likeness (QED) is 0.377. The van der Waals surface area contributed by atoms with E-state index in [1.807, 2.05) is 22.6 Å². The number of ether oxygens (including phenoxy) is 2. The van der Waals surface area contributed by atoms with Gasteiger partial charge in [-0.3, -0.25) is 4.79 Å². The highest BCUT2D eigenvalue weighted by atomic mass is 127. The number of esters is 1. The Bertz CT molecular complexity index is 497. The minimum atomic E-state index is -4.87. The lowest BCUT2D eigenvalue weighted by atomic mass is 10.2. The molecule has 1 aromatic rings. The topological polar surface area (TPSA) is 48.4 Å². The summed E-state index contributed by atoms with van der Waals surface area (Å²) in [6.45, 7) is 1.76. The molecular weight excluding hydrogens is 458 g/mol. The van der Waals surface area contributed by atoms with Crippen molar-refractivity contribution in [2.75, 3.05) is 6.61 Å². The van der Waals surface area contributed by atoms with E-state index in [4.69, 9.17) is 4.74 Å². The van der Waals surface area contributed by atoms with Crippen LogP contribution in [0.1, 0.15) is 18.2 Å². The minimum Gasteiger partial charge on any atom is -0.466 e. The molecule has 112 valence electrons. The average molecular weight is 468 g/mol. The number of alkyl halides is 4. The molecule has 0 saturated heterocycles. The number of hydrogen-bond donors (Lipinski definition) is 0. The van der Waals surface area contributed by atoms with Crippen LogP contribution >= 0.6 is 38.5 Å². The first-order chi connectivity index (χ1) is 9.26. The summed E-state index contributed by atoms with van der Waals surface area (Å²) < 4.78 is 46.3. The molecule has 0 fully saturated rings. The predicted octanol–water partition coefficient (Wildman–Crippen LogP) is 3.59. The van der Waals surface area contributed by atoms with Crippen molar-refractivity contribution >= 4 is 44.5 Å². The first-order valence-electron chi connectivity index (χ1n) is 5.42.